The summed E-state index contributed by atoms with van der Waals surface area (Å²) in [5, 5.41) is 25.5. The SMILES string of the molecule is NC(CCC(=O)N(CC(=O)O)CC(=O)O)C(=O)O. The van der Waals surface area contributed by atoms with Crippen LogP contribution in [0.15, 0.2) is 0 Å². The number of carbonyl (C=O) groups excluding carboxylic acids is 1. The summed E-state index contributed by atoms with van der Waals surface area (Å²) in [5.74, 6) is -4.76. The molecule has 0 radical (unpaired) electrons. The Morgan fingerprint density at radius 3 is 1.78 bits per heavy atom. The van der Waals surface area contributed by atoms with Gasteiger partial charge in [-0.25, -0.2) is 0 Å². The number of carbonyl (C=O) groups is 4. The van der Waals surface area contributed by atoms with Gasteiger partial charge in [-0.05, 0) is 6.42 Å². The average Bonchev–Trinajstić information content (AvgIpc) is 2.22. The Kier molecular flexibility index (Phi) is 6.35. The molecule has 0 aromatic carbocycles. The maximum atomic E-state index is 11.5. The van der Waals surface area contributed by atoms with E-state index in [1.54, 1.807) is 0 Å². The second-order valence-corrected chi connectivity index (χ2v) is 3.52. The van der Waals surface area contributed by atoms with Crippen molar-refractivity contribution in [2.24, 2.45) is 5.73 Å². The highest BCUT2D eigenvalue weighted by Crippen LogP contribution is 2.01. The van der Waals surface area contributed by atoms with Gasteiger partial charge in [0.1, 0.15) is 19.1 Å². The third-order valence-corrected chi connectivity index (χ3v) is 1.99. The first-order chi connectivity index (χ1) is 8.23. The summed E-state index contributed by atoms with van der Waals surface area (Å²) in [7, 11) is 0. The lowest BCUT2D eigenvalue weighted by atomic mass is 10.1. The van der Waals surface area contributed by atoms with Crippen molar-refractivity contribution in [1.29, 1.82) is 0 Å². The van der Waals surface area contributed by atoms with Gasteiger partial charge in [-0.3, -0.25) is 19.2 Å². The van der Waals surface area contributed by atoms with Crippen LogP contribution in [0.5, 0.6) is 0 Å². The lowest BCUT2D eigenvalue weighted by Gasteiger charge is -2.18. The molecule has 5 N–H and O–H groups in total. The number of nitrogens with two attached hydrogens (primary N) is 1. The zero-order chi connectivity index (χ0) is 14.3. The van der Waals surface area contributed by atoms with E-state index in [4.69, 9.17) is 21.1 Å². The second kappa shape index (κ2) is 7.22. The largest absolute Gasteiger partial charge is 0.480 e. The first-order valence-corrected chi connectivity index (χ1v) is 4.93. The van der Waals surface area contributed by atoms with Crippen LogP contribution < -0.4 is 5.73 Å². The Balaban J connectivity index is 4.41. The van der Waals surface area contributed by atoms with Crippen LogP contribution in [0.25, 0.3) is 0 Å². The zero-order valence-corrected chi connectivity index (χ0v) is 9.40. The summed E-state index contributed by atoms with van der Waals surface area (Å²) >= 11 is 0. The summed E-state index contributed by atoms with van der Waals surface area (Å²) in [4.78, 5) is 43.4. The number of carboxylic acids is 3. The van der Waals surface area contributed by atoms with E-state index in [1.807, 2.05) is 0 Å². The van der Waals surface area contributed by atoms with Crippen LogP contribution in [0.3, 0.4) is 0 Å². The molecule has 1 amide bonds. The summed E-state index contributed by atoms with van der Waals surface area (Å²) < 4.78 is 0. The summed E-state index contributed by atoms with van der Waals surface area (Å²) in [6.45, 7) is -1.51. The van der Waals surface area contributed by atoms with Gasteiger partial charge in [0, 0.05) is 6.42 Å². The van der Waals surface area contributed by atoms with Crippen LogP contribution in [0.1, 0.15) is 12.8 Å². The van der Waals surface area contributed by atoms with Crippen molar-refractivity contribution in [1.82, 2.24) is 4.90 Å². The van der Waals surface area contributed by atoms with Gasteiger partial charge in [-0.2, -0.15) is 0 Å². The van der Waals surface area contributed by atoms with Crippen molar-refractivity contribution < 1.29 is 34.5 Å². The molecule has 102 valence electrons. The van der Waals surface area contributed by atoms with E-state index in [0.717, 1.165) is 0 Å². The van der Waals surface area contributed by atoms with E-state index in [-0.39, 0.29) is 12.8 Å². The quantitative estimate of drug-likeness (QED) is 0.397. The fourth-order valence-corrected chi connectivity index (χ4v) is 1.12. The van der Waals surface area contributed by atoms with Crippen LogP contribution in [0.4, 0.5) is 0 Å². The molecule has 0 aromatic heterocycles. The minimum atomic E-state index is -1.35. The molecule has 0 aliphatic carbocycles. The Labute approximate surface area is 102 Å². The van der Waals surface area contributed by atoms with Crippen molar-refractivity contribution in [3.63, 3.8) is 0 Å². The molecule has 9 heteroatoms. The van der Waals surface area contributed by atoms with Gasteiger partial charge in [-0.1, -0.05) is 0 Å². The zero-order valence-electron chi connectivity index (χ0n) is 9.40. The molecule has 0 saturated heterocycles. The van der Waals surface area contributed by atoms with Crippen molar-refractivity contribution in [2.45, 2.75) is 18.9 Å². The highest BCUT2D eigenvalue weighted by Gasteiger charge is 2.21. The summed E-state index contributed by atoms with van der Waals surface area (Å²) in [5.41, 5.74) is 5.16. The number of carboxylic acid groups (broad SMARTS) is 3. The Hall–Kier alpha value is -2.16. The summed E-state index contributed by atoms with van der Waals surface area (Å²) in [6, 6.07) is -1.24. The molecule has 0 rings (SSSR count). The Morgan fingerprint density at radius 1 is 1.00 bits per heavy atom. The average molecular weight is 262 g/mol. The van der Waals surface area contributed by atoms with E-state index in [2.05, 4.69) is 0 Å². The van der Waals surface area contributed by atoms with Gasteiger partial charge in [0.15, 0.2) is 0 Å². The van der Waals surface area contributed by atoms with E-state index < -0.39 is 42.9 Å². The third kappa shape index (κ3) is 6.43. The number of hydrogen-bond donors (Lipinski definition) is 4. The molecule has 0 bridgehead atoms. The van der Waals surface area contributed by atoms with Crippen LogP contribution >= 0.6 is 0 Å². The normalized spacial score (nSPS) is 11.6. The van der Waals surface area contributed by atoms with Crippen molar-refractivity contribution >= 4 is 23.8 Å². The predicted octanol–water partition coefficient (Wildman–Crippen LogP) is -1.82. The third-order valence-electron chi connectivity index (χ3n) is 1.99. The first-order valence-electron chi connectivity index (χ1n) is 4.93. The number of hydrogen-bond acceptors (Lipinski definition) is 5. The smallest absolute Gasteiger partial charge is 0.323 e. The van der Waals surface area contributed by atoms with Crippen molar-refractivity contribution in [2.75, 3.05) is 13.1 Å². The molecule has 18 heavy (non-hydrogen) atoms. The topological polar surface area (TPSA) is 158 Å². The van der Waals surface area contributed by atoms with E-state index in [0.29, 0.717) is 4.90 Å². The lowest BCUT2D eigenvalue weighted by Crippen LogP contribution is -2.40. The molecule has 1 unspecified atom stereocenters. The lowest BCUT2D eigenvalue weighted by molar-refractivity contribution is -0.149. The van der Waals surface area contributed by atoms with Crippen LogP contribution in [0, 0.1) is 0 Å². The maximum absolute atomic E-state index is 11.5. The number of nitrogens with zero attached hydrogens (tertiary/aromatic N) is 1. The summed E-state index contributed by atoms with van der Waals surface area (Å²) in [6.07, 6.45) is -0.516. The van der Waals surface area contributed by atoms with Gasteiger partial charge < -0.3 is 26.0 Å². The van der Waals surface area contributed by atoms with E-state index in [1.165, 1.54) is 0 Å². The monoisotopic (exact) mass is 262 g/mol. The number of aliphatic carboxylic acids is 3. The molecule has 0 heterocycles. The Bertz CT molecular complexity index is 339. The molecule has 0 aliphatic rings. The molecular weight excluding hydrogens is 248 g/mol. The molecule has 0 saturated carbocycles. The van der Waals surface area contributed by atoms with Gasteiger partial charge in [-0.15, -0.1) is 0 Å². The van der Waals surface area contributed by atoms with Gasteiger partial charge in [0.25, 0.3) is 0 Å². The fourth-order valence-electron chi connectivity index (χ4n) is 1.12. The minimum absolute atomic E-state index is 0.191. The first kappa shape index (κ1) is 15.8. The molecule has 0 spiro atoms. The highest BCUT2D eigenvalue weighted by molar-refractivity contribution is 5.85. The molecule has 0 aromatic rings. The molecule has 0 aliphatic heterocycles. The predicted molar refractivity (Wildman–Crippen MR) is 56.7 cm³/mol. The van der Waals surface area contributed by atoms with E-state index >= 15 is 0 Å². The van der Waals surface area contributed by atoms with Gasteiger partial charge in [0.05, 0.1) is 0 Å². The molecule has 1 atom stereocenters. The van der Waals surface area contributed by atoms with Crippen molar-refractivity contribution in [3.05, 3.63) is 0 Å². The number of rotatable bonds is 8. The van der Waals surface area contributed by atoms with Crippen molar-refractivity contribution in [3.8, 4) is 0 Å². The van der Waals surface area contributed by atoms with Crippen LogP contribution in [-0.4, -0.2) is 63.2 Å². The fraction of sp³-hybridized carbons (Fsp3) is 0.556. The van der Waals surface area contributed by atoms with E-state index in [9.17, 15) is 19.2 Å². The highest BCUT2D eigenvalue weighted by atomic mass is 16.4. The standard InChI is InChI=1S/C9H14N2O7/c10-5(9(17)18)1-2-6(12)11(3-7(13)14)4-8(15)16/h5H,1-4,10H2,(H,13,14)(H,15,16)(H,17,18). The molecule has 9 nitrogen and oxygen atoms in total. The Morgan fingerprint density at radius 2 is 1.44 bits per heavy atom. The molecule has 0 fully saturated rings. The van der Waals surface area contributed by atoms with Gasteiger partial charge >= 0.3 is 17.9 Å². The maximum Gasteiger partial charge on any atom is 0.323 e. The molecular formula is C9H14N2O7. The number of amides is 1. The van der Waals surface area contributed by atoms with Gasteiger partial charge in [0.2, 0.25) is 5.91 Å². The van der Waals surface area contributed by atoms with Crippen LogP contribution in [0.2, 0.25) is 0 Å². The minimum Gasteiger partial charge on any atom is -0.480 e. The second-order valence-electron chi connectivity index (χ2n) is 3.52. The van der Waals surface area contributed by atoms with Crippen LogP contribution in [-0.2, 0) is 19.2 Å².